The van der Waals surface area contributed by atoms with Crippen molar-refractivity contribution in [2.45, 2.75) is 12.0 Å². The molecule has 62 heavy (non-hydrogen) atoms. The second-order valence-electron chi connectivity index (χ2n) is 15.6. The number of aromatic nitrogens is 6. The van der Waals surface area contributed by atoms with Gasteiger partial charge >= 0.3 is 0 Å². The van der Waals surface area contributed by atoms with Crippen LogP contribution in [0.3, 0.4) is 0 Å². The molecule has 6 aromatic carbocycles. The van der Waals surface area contributed by atoms with Gasteiger partial charge in [0.1, 0.15) is 0 Å². The van der Waals surface area contributed by atoms with Crippen LogP contribution in [0.25, 0.3) is 84.2 Å². The number of para-hydroxylation sites is 5. The van der Waals surface area contributed by atoms with Crippen LogP contribution in [0.4, 0.5) is 11.4 Å². The molecule has 5 heterocycles. The van der Waals surface area contributed by atoms with Crippen molar-refractivity contribution in [3.8, 4) is 62.4 Å². The second kappa shape index (κ2) is 14.8. The maximum Gasteiger partial charge on any atom is 0.166 e. The Kier molecular flexibility index (Phi) is 8.49. The maximum absolute atomic E-state index is 5.56. The highest BCUT2D eigenvalue weighted by Crippen LogP contribution is 2.52. The number of hydrogen-bond donors (Lipinski definition) is 0. The van der Waals surface area contributed by atoms with Gasteiger partial charge in [0, 0.05) is 62.6 Å². The predicted molar refractivity (Wildman–Crippen MR) is 250 cm³/mol. The molecule has 0 spiro atoms. The largest absolute Gasteiger partial charge is 0.332 e. The van der Waals surface area contributed by atoms with Crippen LogP contribution < -0.4 is 4.90 Å². The van der Waals surface area contributed by atoms with Crippen molar-refractivity contribution in [1.82, 2.24) is 29.5 Å². The van der Waals surface area contributed by atoms with Crippen LogP contribution in [-0.4, -0.2) is 35.5 Å². The average molecular weight is 796 g/mol. The third-order valence-corrected chi connectivity index (χ3v) is 12.1. The monoisotopic (exact) mass is 795 g/mol. The van der Waals surface area contributed by atoms with Crippen molar-refractivity contribution < 1.29 is 0 Å². The van der Waals surface area contributed by atoms with Gasteiger partial charge in [-0.3, -0.25) is 9.97 Å². The molecule has 0 fully saturated rings. The molecule has 0 bridgehead atoms. The van der Waals surface area contributed by atoms with E-state index in [1.807, 2.05) is 54.9 Å². The van der Waals surface area contributed by atoms with Crippen LogP contribution in [0.5, 0.6) is 0 Å². The predicted octanol–water partition coefficient (Wildman–Crippen LogP) is 12.8. The van der Waals surface area contributed by atoms with E-state index in [2.05, 4.69) is 167 Å². The van der Waals surface area contributed by atoms with E-state index in [1.165, 1.54) is 5.56 Å². The number of anilines is 2. The molecule has 2 aliphatic rings. The number of pyridine rings is 2. The molecule has 7 heteroatoms. The summed E-state index contributed by atoms with van der Waals surface area (Å²) in [6, 6.07) is 61.0. The van der Waals surface area contributed by atoms with Gasteiger partial charge in [0.05, 0.1) is 39.8 Å². The van der Waals surface area contributed by atoms with Gasteiger partial charge in [-0.25, -0.2) is 15.0 Å². The Hall–Kier alpha value is -8.29. The van der Waals surface area contributed by atoms with Crippen molar-refractivity contribution in [2.75, 3.05) is 4.90 Å². The number of rotatable bonds is 7. The molecule has 0 amide bonds. The summed E-state index contributed by atoms with van der Waals surface area (Å²) in [4.78, 5) is 28.6. The molecule has 2 atom stereocenters. The minimum Gasteiger partial charge on any atom is -0.332 e. The number of fused-ring (bicyclic) bond motifs is 6. The zero-order chi connectivity index (χ0) is 41.0. The summed E-state index contributed by atoms with van der Waals surface area (Å²) in [6.07, 6.45) is 12.6. The van der Waals surface area contributed by atoms with Crippen molar-refractivity contribution in [2.24, 2.45) is 0 Å². The van der Waals surface area contributed by atoms with E-state index in [0.717, 1.165) is 78.1 Å². The fraction of sp³-hybridized carbons (Fsp3) is 0.0364. The summed E-state index contributed by atoms with van der Waals surface area (Å²) >= 11 is 0. The van der Waals surface area contributed by atoms with Gasteiger partial charge in [0.2, 0.25) is 0 Å². The van der Waals surface area contributed by atoms with Crippen molar-refractivity contribution in [1.29, 1.82) is 0 Å². The molecular formula is C55H37N7. The quantitative estimate of drug-likeness (QED) is 0.160. The molecule has 7 nitrogen and oxygen atoms in total. The Morgan fingerprint density at radius 1 is 0.403 bits per heavy atom. The SMILES string of the molecule is C1=CC2c3ccccc3N(c3c(-c4ccccn4)cccc3-c3nc(-c4ccccc4)nc(-c4cccc(-c5ccccn5)c4-n4c5ccccc5c5ccccc54)n3)C2C=C1. The van der Waals surface area contributed by atoms with Crippen LogP contribution >= 0.6 is 0 Å². The van der Waals surface area contributed by atoms with Crippen molar-refractivity contribution in [3.05, 3.63) is 218 Å². The smallest absolute Gasteiger partial charge is 0.166 e. The minimum absolute atomic E-state index is 0.0351. The first-order valence-corrected chi connectivity index (χ1v) is 20.9. The third kappa shape index (κ3) is 5.78. The summed E-state index contributed by atoms with van der Waals surface area (Å²) in [6.45, 7) is 0. The standard InChI is InChI=1S/C55H37N7/c1-2-18-36(19-3-1)53-58-54(43-26-16-24-41(45-28-12-14-34-56-45)51(43)61-47-30-8-4-20-37(47)38-21-5-9-31-48(38)61)60-55(59-53)44-27-17-25-42(46-29-13-15-35-57-46)52(44)62-49-32-10-6-22-39(49)40-23-7-11-33-50(40)62/h1-35,37,47H. The van der Waals surface area contributed by atoms with Gasteiger partial charge in [-0.1, -0.05) is 146 Å². The van der Waals surface area contributed by atoms with E-state index < -0.39 is 0 Å². The summed E-state index contributed by atoms with van der Waals surface area (Å²) in [5.41, 5.74) is 12.8. The van der Waals surface area contributed by atoms with Gasteiger partial charge in [0.15, 0.2) is 17.5 Å². The lowest BCUT2D eigenvalue weighted by molar-refractivity contribution is 0.745. The first-order valence-electron chi connectivity index (χ1n) is 20.9. The molecule has 12 rings (SSSR count). The Balaban J connectivity index is 1.17. The molecule has 0 N–H and O–H groups in total. The van der Waals surface area contributed by atoms with Crippen LogP contribution in [0.2, 0.25) is 0 Å². The first-order chi connectivity index (χ1) is 30.8. The van der Waals surface area contributed by atoms with Crippen LogP contribution in [0.1, 0.15) is 11.5 Å². The minimum atomic E-state index is 0.0351. The normalized spacial score (nSPS) is 15.3. The lowest BCUT2D eigenvalue weighted by atomic mass is 9.91. The highest BCUT2D eigenvalue weighted by Gasteiger charge is 2.39. The van der Waals surface area contributed by atoms with Crippen molar-refractivity contribution >= 4 is 33.2 Å². The first kappa shape index (κ1) is 35.6. The summed E-state index contributed by atoms with van der Waals surface area (Å²) in [7, 11) is 0. The second-order valence-corrected chi connectivity index (χ2v) is 15.6. The fourth-order valence-electron chi connectivity index (χ4n) is 9.45. The van der Waals surface area contributed by atoms with Gasteiger partial charge in [-0.05, 0) is 60.2 Å². The van der Waals surface area contributed by atoms with E-state index in [-0.39, 0.29) is 12.0 Å². The summed E-state index contributed by atoms with van der Waals surface area (Å²) in [5, 5.41) is 2.33. The zero-order valence-corrected chi connectivity index (χ0v) is 33.5. The lowest BCUT2D eigenvalue weighted by Crippen LogP contribution is -2.29. The van der Waals surface area contributed by atoms with E-state index in [4.69, 9.17) is 24.9 Å². The molecule has 1 aliphatic carbocycles. The molecule has 292 valence electrons. The fourth-order valence-corrected chi connectivity index (χ4v) is 9.45. The van der Waals surface area contributed by atoms with E-state index in [0.29, 0.717) is 17.5 Å². The zero-order valence-electron chi connectivity index (χ0n) is 33.5. The highest BCUT2D eigenvalue weighted by molar-refractivity contribution is 6.10. The molecule has 2 unspecified atom stereocenters. The lowest BCUT2D eigenvalue weighted by Gasteiger charge is -2.32. The number of allylic oxidation sites excluding steroid dienone is 2. The number of benzene rings is 6. The molecule has 0 saturated carbocycles. The number of hydrogen-bond acceptors (Lipinski definition) is 6. The van der Waals surface area contributed by atoms with Crippen molar-refractivity contribution in [3.63, 3.8) is 0 Å². The molecule has 4 aromatic heterocycles. The van der Waals surface area contributed by atoms with Crippen LogP contribution in [0.15, 0.2) is 213 Å². The van der Waals surface area contributed by atoms with E-state index in [1.54, 1.807) is 0 Å². The van der Waals surface area contributed by atoms with Gasteiger partial charge in [-0.15, -0.1) is 0 Å². The topological polar surface area (TPSA) is 72.6 Å². The Morgan fingerprint density at radius 3 is 1.60 bits per heavy atom. The molecule has 1 aliphatic heterocycles. The number of nitrogens with zero attached hydrogens (tertiary/aromatic N) is 7. The molecule has 10 aromatic rings. The average Bonchev–Trinajstić information content (AvgIpc) is 3.87. The third-order valence-electron chi connectivity index (χ3n) is 12.1. The van der Waals surface area contributed by atoms with E-state index >= 15 is 0 Å². The molecule has 0 radical (unpaired) electrons. The summed E-state index contributed by atoms with van der Waals surface area (Å²) in [5.74, 6) is 1.88. The van der Waals surface area contributed by atoms with Crippen LogP contribution in [0, 0.1) is 0 Å². The van der Waals surface area contributed by atoms with Gasteiger partial charge in [0.25, 0.3) is 0 Å². The van der Waals surface area contributed by atoms with Gasteiger partial charge < -0.3 is 9.47 Å². The Labute approximate surface area is 358 Å². The van der Waals surface area contributed by atoms with Crippen LogP contribution in [-0.2, 0) is 0 Å². The molecular weight excluding hydrogens is 759 g/mol. The Bertz CT molecular complexity index is 3320. The highest BCUT2D eigenvalue weighted by atomic mass is 15.2. The molecule has 0 saturated heterocycles. The Morgan fingerprint density at radius 2 is 0.935 bits per heavy atom. The van der Waals surface area contributed by atoms with E-state index in [9.17, 15) is 0 Å². The maximum atomic E-state index is 5.56. The summed E-state index contributed by atoms with van der Waals surface area (Å²) < 4.78 is 2.35. The van der Waals surface area contributed by atoms with Gasteiger partial charge in [-0.2, -0.15) is 0 Å².